The largest absolute Gasteiger partial charge is 0.473 e. The van der Waals surface area contributed by atoms with Gasteiger partial charge in [-0.1, -0.05) is 25.1 Å². The lowest BCUT2D eigenvalue weighted by Crippen LogP contribution is -2.56. The summed E-state index contributed by atoms with van der Waals surface area (Å²) in [4.78, 5) is 25.8. The minimum atomic E-state index is -0.531. The molecule has 10 nitrogen and oxygen atoms in total. The number of nitrogens with one attached hydrogen (secondary N) is 1. The van der Waals surface area contributed by atoms with Gasteiger partial charge in [0.25, 0.3) is 5.91 Å². The SMILES string of the molecule is CCC(C)(C)OCC(C)(C)NC(=O)c1ccc2nc(CN3CC4(CC=C(c5cccc(OCc6ccc(C#N)cc6F)n5)CC4)C3)n(CC3CCO3)c2c1. The van der Waals surface area contributed by atoms with Crippen molar-refractivity contribution in [2.75, 3.05) is 26.3 Å². The van der Waals surface area contributed by atoms with Crippen molar-refractivity contribution in [1.82, 2.24) is 24.8 Å². The number of halogens is 1. The number of hydrogen-bond acceptors (Lipinski definition) is 8. The van der Waals surface area contributed by atoms with Crippen molar-refractivity contribution in [1.29, 1.82) is 5.26 Å². The number of allylic oxidation sites excluding steroid dienone is 2. The molecule has 2 saturated heterocycles. The van der Waals surface area contributed by atoms with E-state index in [2.05, 4.69) is 41.6 Å². The molecular weight excluding hydrogens is 684 g/mol. The van der Waals surface area contributed by atoms with E-state index in [0.29, 0.717) is 30.2 Å². The normalized spacial score (nSPS) is 18.5. The van der Waals surface area contributed by atoms with Crippen LogP contribution in [0.15, 0.2) is 60.7 Å². The van der Waals surface area contributed by atoms with Gasteiger partial charge in [-0.3, -0.25) is 9.69 Å². The van der Waals surface area contributed by atoms with E-state index in [0.717, 1.165) is 80.9 Å². The van der Waals surface area contributed by atoms with Gasteiger partial charge in [0, 0.05) is 36.9 Å². The molecule has 4 aromatic rings. The summed E-state index contributed by atoms with van der Waals surface area (Å²) in [7, 11) is 0. The molecule has 54 heavy (non-hydrogen) atoms. The summed E-state index contributed by atoms with van der Waals surface area (Å²) in [5.41, 5.74) is 4.64. The van der Waals surface area contributed by atoms with E-state index in [4.69, 9.17) is 29.4 Å². The van der Waals surface area contributed by atoms with E-state index in [1.54, 1.807) is 18.2 Å². The van der Waals surface area contributed by atoms with Gasteiger partial charge in [0.05, 0.1) is 65.3 Å². The van der Waals surface area contributed by atoms with Crippen LogP contribution in [-0.4, -0.2) is 68.9 Å². The summed E-state index contributed by atoms with van der Waals surface area (Å²) in [6, 6.07) is 17.8. The molecule has 284 valence electrons. The Balaban J connectivity index is 0.983. The fourth-order valence-corrected chi connectivity index (χ4v) is 7.40. The van der Waals surface area contributed by atoms with Crippen LogP contribution in [0.2, 0.25) is 0 Å². The molecule has 2 aliphatic heterocycles. The molecule has 2 fully saturated rings. The minimum Gasteiger partial charge on any atom is -0.473 e. The van der Waals surface area contributed by atoms with Crippen molar-refractivity contribution in [2.45, 2.75) is 104 Å². The number of fused-ring (bicyclic) bond motifs is 1. The Morgan fingerprint density at radius 2 is 1.94 bits per heavy atom. The monoisotopic (exact) mass is 734 g/mol. The number of benzene rings is 2. The predicted octanol–water partition coefficient (Wildman–Crippen LogP) is 7.59. The fourth-order valence-electron chi connectivity index (χ4n) is 7.40. The zero-order valence-electron chi connectivity index (χ0n) is 32.1. The maximum absolute atomic E-state index is 14.4. The van der Waals surface area contributed by atoms with Gasteiger partial charge in [-0.05, 0) is 107 Å². The first-order chi connectivity index (χ1) is 25.8. The molecule has 1 atom stereocenters. The Morgan fingerprint density at radius 3 is 2.63 bits per heavy atom. The topological polar surface area (TPSA) is 115 Å². The number of imidazole rings is 1. The number of nitriles is 1. The van der Waals surface area contributed by atoms with Crippen LogP contribution in [0.1, 0.15) is 99.7 Å². The van der Waals surface area contributed by atoms with Gasteiger partial charge in [0.2, 0.25) is 5.88 Å². The molecule has 2 aromatic heterocycles. The summed E-state index contributed by atoms with van der Waals surface area (Å²) in [5.74, 6) is 0.852. The van der Waals surface area contributed by atoms with Crippen LogP contribution in [0.5, 0.6) is 5.88 Å². The van der Waals surface area contributed by atoms with Crippen LogP contribution in [-0.2, 0) is 29.2 Å². The molecule has 11 heteroatoms. The van der Waals surface area contributed by atoms with Crippen molar-refractivity contribution >= 4 is 22.5 Å². The van der Waals surface area contributed by atoms with E-state index < -0.39 is 11.4 Å². The fraction of sp³-hybridized carbons (Fsp3) is 0.488. The van der Waals surface area contributed by atoms with Gasteiger partial charge < -0.3 is 24.1 Å². The van der Waals surface area contributed by atoms with Crippen molar-refractivity contribution in [3.8, 4) is 11.9 Å². The summed E-state index contributed by atoms with van der Waals surface area (Å²) >= 11 is 0. The predicted molar refractivity (Wildman–Crippen MR) is 205 cm³/mol. The number of nitrogens with zero attached hydrogens (tertiary/aromatic N) is 5. The molecule has 2 aromatic carbocycles. The van der Waals surface area contributed by atoms with Crippen LogP contribution in [0, 0.1) is 22.6 Å². The van der Waals surface area contributed by atoms with Crippen molar-refractivity contribution < 1.29 is 23.4 Å². The Labute approximate surface area is 317 Å². The molecular formula is C43H51FN6O4. The highest BCUT2D eigenvalue weighted by Gasteiger charge is 2.44. The molecule has 7 rings (SSSR count). The average molecular weight is 735 g/mol. The summed E-state index contributed by atoms with van der Waals surface area (Å²) < 4.78 is 34.4. The van der Waals surface area contributed by atoms with Crippen LogP contribution in [0.3, 0.4) is 0 Å². The number of likely N-dealkylation sites (tertiary alicyclic amines) is 1. The second-order valence-corrected chi connectivity index (χ2v) is 16.5. The molecule has 1 spiro atoms. The lowest BCUT2D eigenvalue weighted by Gasteiger charge is -2.51. The average Bonchev–Trinajstić information content (AvgIpc) is 3.47. The quantitative estimate of drug-likeness (QED) is 0.141. The molecule has 1 aliphatic carbocycles. The molecule has 0 bridgehead atoms. The smallest absolute Gasteiger partial charge is 0.251 e. The highest BCUT2D eigenvalue weighted by Crippen LogP contribution is 2.45. The highest BCUT2D eigenvalue weighted by molar-refractivity contribution is 5.97. The summed E-state index contributed by atoms with van der Waals surface area (Å²) in [6.07, 6.45) is 7.35. The van der Waals surface area contributed by atoms with Gasteiger partial charge in [0.15, 0.2) is 0 Å². The Bertz CT molecular complexity index is 2090. The number of ether oxygens (including phenoxy) is 3. The molecule has 3 aliphatic rings. The zero-order chi connectivity index (χ0) is 38.1. The number of carbonyl (C=O) groups is 1. The van der Waals surface area contributed by atoms with Gasteiger partial charge in [-0.25, -0.2) is 14.4 Å². The molecule has 1 unspecified atom stereocenters. The number of hydrogen-bond donors (Lipinski definition) is 1. The Morgan fingerprint density at radius 1 is 1.13 bits per heavy atom. The van der Waals surface area contributed by atoms with E-state index in [9.17, 15) is 9.18 Å². The number of carbonyl (C=O) groups excluding carboxylic acids is 1. The first-order valence-electron chi connectivity index (χ1n) is 19.1. The molecule has 1 N–H and O–H groups in total. The van der Waals surface area contributed by atoms with Crippen molar-refractivity contribution in [3.63, 3.8) is 0 Å². The zero-order valence-corrected chi connectivity index (χ0v) is 32.1. The third-order valence-corrected chi connectivity index (χ3v) is 11.2. The Kier molecular flexibility index (Phi) is 10.6. The van der Waals surface area contributed by atoms with E-state index in [1.807, 2.05) is 50.2 Å². The van der Waals surface area contributed by atoms with E-state index >= 15 is 0 Å². The van der Waals surface area contributed by atoms with E-state index in [-0.39, 0.29) is 35.2 Å². The van der Waals surface area contributed by atoms with Crippen LogP contribution in [0.4, 0.5) is 4.39 Å². The second-order valence-electron chi connectivity index (χ2n) is 16.5. The molecule has 0 radical (unpaired) electrons. The first-order valence-corrected chi connectivity index (χ1v) is 19.1. The van der Waals surface area contributed by atoms with Gasteiger partial charge in [-0.2, -0.15) is 5.26 Å². The number of pyridine rings is 1. The lowest BCUT2D eigenvalue weighted by molar-refractivity contribution is -0.0600. The standard InChI is InChI=1S/C43H51FN6O4/c1-6-42(4,5)54-28-41(2,3)48-40(51)31-12-13-36-37(21-31)50(23-33-16-19-52-33)38(46-36)24-49-26-43(27-49)17-14-30(15-18-43)35-8-7-9-39(47-35)53-25-32-11-10-29(22-45)20-34(32)44/h7-14,20-21,33H,6,15-19,23-28H2,1-5H3,(H,48,51). The molecule has 1 amide bonds. The number of amides is 1. The number of aromatic nitrogens is 3. The van der Waals surface area contributed by atoms with Crippen LogP contribution < -0.4 is 10.1 Å². The van der Waals surface area contributed by atoms with Crippen LogP contribution >= 0.6 is 0 Å². The van der Waals surface area contributed by atoms with E-state index in [1.165, 1.54) is 11.6 Å². The van der Waals surface area contributed by atoms with Gasteiger partial charge >= 0.3 is 0 Å². The highest BCUT2D eigenvalue weighted by atomic mass is 19.1. The summed E-state index contributed by atoms with van der Waals surface area (Å²) in [5, 5.41) is 12.2. The number of rotatable bonds is 14. The molecule has 0 saturated carbocycles. The maximum atomic E-state index is 14.4. The molecule has 4 heterocycles. The maximum Gasteiger partial charge on any atom is 0.251 e. The van der Waals surface area contributed by atoms with Crippen molar-refractivity contribution in [2.24, 2.45) is 5.41 Å². The second kappa shape index (κ2) is 15.2. The van der Waals surface area contributed by atoms with Crippen LogP contribution in [0.25, 0.3) is 16.6 Å². The van der Waals surface area contributed by atoms with Gasteiger partial charge in [-0.15, -0.1) is 0 Å². The minimum absolute atomic E-state index is 0.0378. The third-order valence-electron chi connectivity index (χ3n) is 11.2. The van der Waals surface area contributed by atoms with Gasteiger partial charge in [0.1, 0.15) is 18.2 Å². The van der Waals surface area contributed by atoms with Crippen molar-refractivity contribution in [3.05, 3.63) is 94.7 Å². The first kappa shape index (κ1) is 37.7. The third kappa shape index (κ3) is 8.51. The lowest BCUT2D eigenvalue weighted by atomic mass is 9.69. The Hall–Kier alpha value is -4.63. The summed E-state index contributed by atoms with van der Waals surface area (Å²) in [6.45, 7) is 14.9.